The van der Waals surface area contributed by atoms with Crippen LogP contribution in [-0.4, -0.2) is 23.5 Å². The number of nitriles is 1. The fourth-order valence-corrected chi connectivity index (χ4v) is 7.16. The van der Waals surface area contributed by atoms with Crippen molar-refractivity contribution in [2.75, 3.05) is 6.54 Å². The van der Waals surface area contributed by atoms with E-state index in [9.17, 15) is 5.26 Å². The third-order valence-corrected chi connectivity index (χ3v) is 9.07. The summed E-state index contributed by atoms with van der Waals surface area (Å²) in [5, 5.41) is 10.6. The molecule has 2 fully saturated rings. The summed E-state index contributed by atoms with van der Waals surface area (Å²) < 4.78 is 0. The van der Waals surface area contributed by atoms with Crippen molar-refractivity contribution in [3.8, 4) is 6.07 Å². The molecule has 2 nitrogen and oxygen atoms in total. The highest BCUT2D eigenvalue weighted by molar-refractivity contribution is 5.46. The molecule has 0 amide bonds. The van der Waals surface area contributed by atoms with E-state index in [0.29, 0.717) is 5.92 Å². The molecule has 194 valence electrons. The summed E-state index contributed by atoms with van der Waals surface area (Å²) in [6.45, 7) is 3.59. The lowest BCUT2D eigenvalue weighted by atomic mass is 9.68. The van der Waals surface area contributed by atoms with Crippen LogP contribution in [0.15, 0.2) is 60.7 Å². The number of hydrogen-bond acceptors (Lipinski definition) is 2. The second kappa shape index (κ2) is 14.0. The van der Waals surface area contributed by atoms with Gasteiger partial charge in [0.2, 0.25) is 0 Å². The van der Waals surface area contributed by atoms with E-state index >= 15 is 0 Å². The van der Waals surface area contributed by atoms with Crippen molar-refractivity contribution in [1.82, 2.24) is 4.90 Å². The van der Waals surface area contributed by atoms with Crippen molar-refractivity contribution >= 4 is 0 Å². The molecule has 0 radical (unpaired) electrons. The zero-order valence-electron chi connectivity index (χ0n) is 22.7. The summed E-state index contributed by atoms with van der Waals surface area (Å²) in [6.07, 6.45) is 20.3. The number of fused-ring (bicyclic) bond motifs is 2. The molecule has 0 spiro atoms. The van der Waals surface area contributed by atoms with Crippen LogP contribution in [0.1, 0.15) is 114 Å². The molecule has 4 rings (SSSR count). The minimum Gasteiger partial charge on any atom is -0.297 e. The first kappa shape index (κ1) is 26.9. The van der Waals surface area contributed by atoms with E-state index < -0.39 is 5.41 Å². The third-order valence-electron chi connectivity index (χ3n) is 9.07. The van der Waals surface area contributed by atoms with E-state index in [-0.39, 0.29) is 0 Å². The van der Waals surface area contributed by atoms with E-state index in [1.807, 2.05) is 0 Å². The van der Waals surface area contributed by atoms with Crippen molar-refractivity contribution in [3.05, 3.63) is 71.8 Å². The fourth-order valence-electron chi connectivity index (χ4n) is 7.16. The Hall–Kier alpha value is -2.11. The van der Waals surface area contributed by atoms with E-state index in [0.717, 1.165) is 29.6 Å². The molecule has 3 atom stereocenters. The number of hydrogen-bond donors (Lipinski definition) is 0. The van der Waals surface area contributed by atoms with Crippen molar-refractivity contribution in [2.24, 2.45) is 5.92 Å². The second-order valence-corrected chi connectivity index (χ2v) is 11.6. The van der Waals surface area contributed by atoms with Gasteiger partial charge in [-0.1, -0.05) is 125 Å². The van der Waals surface area contributed by atoms with Crippen LogP contribution in [0.5, 0.6) is 0 Å². The van der Waals surface area contributed by atoms with Crippen LogP contribution in [0, 0.1) is 17.2 Å². The molecule has 2 bridgehead atoms. The van der Waals surface area contributed by atoms with Gasteiger partial charge in [-0.2, -0.15) is 5.26 Å². The smallest absolute Gasteiger partial charge is 0.107 e. The van der Waals surface area contributed by atoms with E-state index in [2.05, 4.69) is 78.6 Å². The number of rotatable bonds is 15. The zero-order chi connectivity index (χ0) is 25.1. The lowest BCUT2D eigenvalue weighted by Gasteiger charge is -2.42. The van der Waals surface area contributed by atoms with Gasteiger partial charge in [0.05, 0.1) is 6.07 Å². The van der Waals surface area contributed by atoms with Crippen molar-refractivity contribution in [3.63, 3.8) is 0 Å². The molecule has 0 saturated carbocycles. The Kier molecular flexibility index (Phi) is 10.5. The normalized spacial score (nSPS) is 21.9. The molecular formula is C34H48N2. The van der Waals surface area contributed by atoms with Gasteiger partial charge in [-0.3, -0.25) is 4.90 Å². The van der Waals surface area contributed by atoms with Gasteiger partial charge in [-0.05, 0) is 62.1 Å². The first-order chi connectivity index (χ1) is 17.8. The Bertz CT molecular complexity index is 862. The first-order valence-electron chi connectivity index (χ1n) is 15.0. The predicted octanol–water partition coefficient (Wildman–Crippen LogP) is 9.05. The highest BCUT2D eigenvalue weighted by Crippen LogP contribution is 2.46. The quantitative estimate of drug-likeness (QED) is 0.236. The van der Waals surface area contributed by atoms with Crippen molar-refractivity contribution in [2.45, 2.75) is 121 Å². The van der Waals surface area contributed by atoms with Gasteiger partial charge in [-0.25, -0.2) is 0 Å². The third kappa shape index (κ3) is 6.80. The van der Waals surface area contributed by atoms with Gasteiger partial charge in [0, 0.05) is 12.1 Å². The number of nitrogens with zero attached hydrogens (tertiary/aromatic N) is 2. The van der Waals surface area contributed by atoms with E-state index in [4.69, 9.17) is 0 Å². The van der Waals surface area contributed by atoms with Crippen LogP contribution in [0.2, 0.25) is 0 Å². The molecule has 0 aliphatic carbocycles. The maximum Gasteiger partial charge on any atom is 0.107 e. The lowest BCUT2D eigenvalue weighted by molar-refractivity contribution is 0.0934. The van der Waals surface area contributed by atoms with Crippen LogP contribution in [-0.2, 0) is 5.41 Å². The molecule has 2 aromatic carbocycles. The maximum absolute atomic E-state index is 10.6. The van der Waals surface area contributed by atoms with Gasteiger partial charge in [0.1, 0.15) is 5.41 Å². The monoisotopic (exact) mass is 484 g/mol. The molecule has 0 N–H and O–H groups in total. The topological polar surface area (TPSA) is 27.0 Å². The maximum atomic E-state index is 10.6. The lowest BCUT2D eigenvalue weighted by Crippen LogP contribution is -2.44. The fraction of sp³-hybridized carbons (Fsp3) is 0.618. The van der Waals surface area contributed by atoms with Crippen LogP contribution in [0.3, 0.4) is 0 Å². The summed E-state index contributed by atoms with van der Waals surface area (Å²) in [4.78, 5) is 2.86. The molecule has 2 heterocycles. The average molecular weight is 485 g/mol. The van der Waals surface area contributed by atoms with Gasteiger partial charge >= 0.3 is 0 Å². The largest absolute Gasteiger partial charge is 0.297 e. The molecule has 0 unspecified atom stereocenters. The number of piperidine rings is 1. The van der Waals surface area contributed by atoms with E-state index in [1.54, 1.807) is 0 Å². The minimum absolute atomic E-state index is 0.550. The Balaban J connectivity index is 1.28. The second-order valence-electron chi connectivity index (χ2n) is 11.6. The molecule has 2 aliphatic heterocycles. The van der Waals surface area contributed by atoms with E-state index in [1.165, 1.54) is 96.4 Å². The molecule has 36 heavy (non-hydrogen) atoms. The molecule has 2 aliphatic rings. The van der Waals surface area contributed by atoms with Crippen LogP contribution >= 0.6 is 0 Å². The number of unbranched alkanes of at least 4 members (excludes halogenated alkanes) is 9. The predicted molar refractivity (Wildman–Crippen MR) is 152 cm³/mol. The first-order valence-corrected chi connectivity index (χ1v) is 15.0. The molecule has 2 heteroatoms. The SMILES string of the molecule is CCCCCCCCCCCCN1[C@@H]2CC[C@H]1C[C@@H](CC(C#N)(c1ccccc1)c1ccccc1)C2. The Labute approximate surface area is 221 Å². The van der Waals surface area contributed by atoms with Crippen molar-refractivity contribution < 1.29 is 0 Å². The zero-order valence-corrected chi connectivity index (χ0v) is 22.7. The Morgan fingerprint density at radius 1 is 0.722 bits per heavy atom. The summed E-state index contributed by atoms with van der Waals surface area (Å²) in [6, 6.07) is 25.4. The highest BCUT2D eigenvalue weighted by atomic mass is 15.2. The standard InChI is InChI=1S/C34H48N2/c1-2-3-4-5-6-7-8-9-10-17-24-36-32-22-23-33(36)26-29(25-32)27-34(28-35,30-18-13-11-14-19-30)31-20-15-12-16-21-31/h11-16,18-21,29,32-33H,2-10,17,22-27H2,1H3/t29-,32+,33-. The minimum atomic E-state index is -0.550. The molecule has 2 aromatic rings. The summed E-state index contributed by atoms with van der Waals surface area (Å²) in [5.74, 6) is 0.617. The van der Waals surface area contributed by atoms with Crippen LogP contribution in [0.4, 0.5) is 0 Å². The molecular weight excluding hydrogens is 436 g/mol. The van der Waals surface area contributed by atoms with Gasteiger partial charge in [0.25, 0.3) is 0 Å². The van der Waals surface area contributed by atoms with Gasteiger partial charge in [0.15, 0.2) is 0 Å². The van der Waals surface area contributed by atoms with Crippen molar-refractivity contribution in [1.29, 1.82) is 5.26 Å². The molecule has 2 saturated heterocycles. The van der Waals surface area contributed by atoms with Gasteiger partial charge in [-0.15, -0.1) is 0 Å². The average Bonchev–Trinajstić information content (AvgIpc) is 3.16. The van der Waals surface area contributed by atoms with Crippen LogP contribution < -0.4 is 0 Å². The van der Waals surface area contributed by atoms with Crippen LogP contribution in [0.25, 0.3) is 0 Å². The summed E-state index contributed by atoms with van der Waals surface area (Å²) in [5.41, 5.74) is 1.75. The molecule has 0 aromatic heterocycles. The highest BCUT2D eigenvalue weighted by Gasteiger charge is 2.44. The summed E-state index contributed by atoms with van der Waals surface area (Å²) in [7, 11) is 0. The Morgan fingerprint density at radius 2 is 1.19 bits per heavy atom. The number of benzene rings is 2. The Morgan fingerprint density at radius 3 is 1.67 bits per heavy atom. The summed E-state index contributed by atoms with van der Waals surface area (Å²) >= 11 is 0. The van der Waals surface area contributed by atoms with Gasteiger partial charge < -0.3 is 0 Å².